The summed E-state index contributed by atoms with van der Waals surface area (Å²) in [6, 6.07) is 5.83. The molecule has 1 aromatic heterocycles. The van der Waals surface area contributed by atoms with Crippen LogP contribution in [0, 0.1) is 5.92 Å². The molecule has 3 heterocycles. The molecule has 0 saturated carbocycles. The van der Waals surface area contributed by atoms with Crippen LogP contribution in [0.2, 0.25) is 0 Å². The summed E-state index contributed by atoms with van der Waals surface area (Å²) in [5.74, 6) is 1.35. The fourth-order valence-corrected chi connectivity index (χ4v) is 3.88. The van der Waals surface area contributed by atoms with Crippen molar-refractivity contribution in [1.82, 2.24) is 15.3 Å². The molecule has 2 aliphatic rings. The topological polar surface area (TPSA) is 75.2 Å². The number of aromatic nitrogens is 2. The first-order chi connectivity index (χ1) is 12.1. The highest BCUT2D eigenvalue weighted by molar-refractivity contribution is 8.18. The number of imide groups is 1. The molecule has 2 aliphatic heterocycles. The molecule has 0 radical (unpaired) electrons. The third-order valence-corrected chi connectivity index (χ3v) is 5.47. The maximum atomic E-state index is 11.7. The van der Waals surface area contributed by atoms with Gasteiger partial charge in [0, 0.05) is 18.5 Å². The molecule has 0 aliphatic carbocycles. The van der Waals surface area contributed by atoms with E-state index < -0.39 is 0 Å². The zero-order chi connectivity index (χ0) is 17.4. The number of carbonyl (C=O) groups is 2. The predicted molar refractivity (Wildman–Crippen MR) is 99.3 cm³/mol. The number of hydrogen-bond acceptors (Lipinski definition) is 6. The predicted octanol–water partition coefficient (Wildman–Crippen LogP) is 3.19. The van der Waals surface area contributed by atoms with Crippen molar-refractivity contribution in [3.8, 4) is 0 Å². The van der Waals surface area contributed by atoms with Crippen LogP contribution in [0.1, 0.15) is 25.3 Å². The first kappa shape index (κ1) is 16.1. The molecule has 7 heteroatoms. The van der Waals surface area contributed by atoms with Gasteiger partial charge in [0.2, 0.25) is 0 Å². The van der Waals surface area contributed by atoms with Gasteiger partial charge in [0.25, 0.3) is 11.1 Å². The number of amides is 2. The second-order valence-electron chi connectivity index (χ2n) is 6.50. The molecule has 25 heavy (non-hydrogen) atoms. The Balaban J connectivity index is 1.72. The highest BCUT2D eigenvalue weighted by atomic mass is 32.2. The van der Waals surface area contributed by atoms with Crippen LogP contribution >= 0.6 is 11.8 Å². The molecular formula is C18H18N4O2S. The highest BCUT2D eigenvalue weighted by Crippen LogP contribution is 2.30. The molecule has 2 amide bonds. The summed E-state index contributed by atoms with van der Waals surface area (Å²) in [7, 11) is 0. The molecule has 1 N–H and O–H groups in total. The largest absolute Gasteiger partial charge is 0.356 e. The molecule has 0 bridgehead atoms. The maximum absolute atomic E-state index is 11.7. The number of carbonyl (C=O) groups excluding carboxylic acids is 2. The Labute approximate surface area is 149 Å². The van der Waals surface area contributed by atoms with Crippen molar-refractivity contribution in [3.63, 3.8) is 0 Å². The zero-order valence-corrected chi connectivity index (χ0v) is 14.7. The molecule has 0 unspecified atom stereocenters. The molecule has 4 rings (SSSR count). The monoisotopic (exact) mass is 354 g/mol. The normalized spacial score (nSPS) is 20.5. The van der Waals surface area contributed by atoms with Crippen LogP contribution in [0.15, 0.2) is 29.4 Å². The first-order valence-corrected chi connectivity index (χ1v) is 9.16. The minimum atomic E-state index is -0.343. The standard InChI is InChI=1S/C18H18N4O2S/c1-11-4-6-22(7-5-11)16-13-8-12(2-3-14(13)19-10-20-16)9-15-17(23)21-18(24)25-15/h2-3,8-11H,4-7H2,1H3,(H,21,23,24). The Hall–Kier alpha value is -2.41. The number of nitrogens with zero attached hydrogens (tertiary/aromatic N) is 3. The molecule has 0 spiro atoms. The van der Waals surface area contributed by atoms with Crippen LogP contribution in [0.3, 0.4) is 0 Å². The molecule has 2 aromatic rings. The van der Waals surface area contributed by atoms with Crippen molar-refractivity contribution in [2.24, 2.45) is 5.92 Å². The van der Waals surface area contributed by atoms with Crippen molar-refractivity contribution >= 4 is 45.7 Å². The van der Waals surface area contributed by atoms with Crippen LogP contribution in [0.4, 0.5) is 10.6 Å². The maximum Gasteiger partial charge on any atom is 0.290 e. The van der Waals surface area contributed by atoms with E-state index >= 15 is 0 Å². The van der Waals surface area contributed by atoms with Gasteiger partial charge in [-0.2, -0.15) is 0 Å². The summed E-state index contributed by atoms with van der Waals surface area (Å²) in [6.45, 7) is 4.27. The van der Waals surface area contributed by atoms with Crippen LogP contribution in [-0.2, 0) is 4.79 Å². The Morgan fingerprint density at radius 1 is 1.24 bits per heavy atom. The van der Waals surface area contributed by atoms with Crippen molar-refractivity contribution < 1.29 is 9.59 Å². The van der Waals surface area contributed by atoms with Crippen molar-refractivity contribution in [2.75, 3.05) is 18.0 Å². The van der Waals surface area contributed by atoms with Gasteiger partial charge in [-0.1, -0.05) is 13.0 Å². The quantitative estimate of drug-likeness (QED) is 0.835. The minimum Gasteiger partial charge on any atom is -0.356 e. The van der Waals surface area contributed by atoms with Crippen LogP contribution in [0.5, 0.6) is 0 Å². The lowest BCUT2D eigenvalue weighted by atomic mass is 9.99. The van der Waals surface area contributed by atoms with Crippen molar-refractivity contribution in [2.45, 2.75) is 19.8 Å². The fourth-order valence-electron chi connectivity index (χ4n) is 3.20. The van der Waals surface area contributed by atoms with E-state index in [4.69, 9.17) is 0 Å². The van der Waals surface area contributed by atoms with Crippen LogP contribution < -0.4 is 10.2 Å². The van der Waals surface area contributed by atoms with Crippen molar-refractivity contribution in [1.29, 1.82) is 0 Å². The SMILES string of the molecule is CC1CCN(c2ncnc3ccc(C=C4SC(=O)NC4=O)cc23)CC1. The first-order valence-electron chi connectivity index (χ1n) is 8.35. The van der Waals surface area contributed by atoms with Crippen LogP contribution in [-0.4, -0.2) is 34.2 Å². The summed E-state index contributed by atoms with van der Waals surface area (Å²) in [5, 5.41) is 2.92. The van der Waals surface area contributed by atoms with E-state index in [-0.39, 0.29) is 11.1 Å². The number of fused-ring (bicyclic) bond motifs is 1. The van der Waals surface area contributed by atoms with Crippen molar-refractivity contribution in [3.05, 3.63) is 35.0 Å². The number of anilines is 1. The average Bonchev–Trinajstić information content (AvgIpc) is 2.92. The summed E-state index contributed by atoms with van der Waals surface area (Å²) >= 11 is 0.926. The molecule has 6 nitrogen and oxygen atoms in total. The minimum absolute atomic E-state index is 0.330. The molecule has 0 atom stereocenters. The smallest absolute Gasteiger partial charge is 0.290 e. The molecule has 2 saturated heterocycles. The zero-order valence-electron chi connectivity index (χ0n) is 13.9. The summed E-state index contributed by atoms with van der Waals surface area (Å²) in [4.78, 5) is 34.6. The second-order valence-corrected chi connectivity index (χ2v) is 7.51. The van der Waals surface area contributed by atoms with E-state index in [1.807, 2.05) is 18.2 Å². The summed E-state index contributed by atoms with van der Waals surface area (Å²) in [6.07, 6.45) is 5.66. The molecule has 128 valence electrons. The lowest BCUT2D eigenvalue weighted by molar-refractivity contribution is -0.115. The Morgan fingerprint density at radius 2 is 2.04 bits per heavy atom. The fraction of sp³-hybridized carbons (Fsp3) is 0.333. The number of piperidine rings is 1. The van der Waals surface area contributed by atoms with Gasteiger partial charge in [0.15, 0.2) is 0 Å². The van der Waals surface area contributed by atoms with Crippen LogP contribution in [0.25, 0.3) is 17.0 Å². The molecule has 2 fully saturated rings. The van der Waals surface area contributed by atoms with E-state index in [1.54, 1.807) is 12.4 Å². The van der Waals surface area contributed by atoms with E-state index in [0.29, 0.717) is 4.91 Å². The third kappa shape index (κ3) is 3.24. The summed E-state index contributed by atoms with van der Waals surface area (Å²) in [5.41, 5.74) is 1.74. The number of nitrogens with one attached hydrogen (secondary N) is 1. The van der Waals surface area contributed by atoms with E-state index in [1.165, 1.54) is 0 Å². The van der Waals surface area contributed by atoms with Gasteiger partial charge < -0.3 is 4.90 Å². The molecular weight excluding hydrogens is 336 g/mol. The van der Waals surface area contributed by atoms with E-state index in [2.05, 4.69) is 27.1 Å². The number of thioether (sulfide) groups is 1. The third-order valence-electron chi connectivity index (χ3n) is 4.66. The highest BCUT2D eigenvalue weighted by Gasteiger charge is 2.25. The van der Waals surface area contributed by atoms with Gasteiger partial charge in [-0.15, -0.1) is 0 Å². The Morgan fingerprint density at radius 3 is 2.76 bits per heavy atom. The second kappa shape index (κ2) is 6.48. The number of rotatable bonds is 2. The van der Waals surface area contributed by atoms with Gasteiger partial charge in [0.1, 0.15) is 12.1 Å². The van der Waals surface area contributed by atoms with Gasteiger partial charge in [0.05, 0.1) is 10.4 Å². The lowest BCUT2D eigenvalue weighted by Gasteiger charge is -2.31. The Kier molecular flexibility index (Phi) is 4.17. The van der Waals surface area contributed by atoms with Gasteiger partial charge in [-0.05, 0) is 54.3 Å². The average molecular weight is 354 g/mol. The number of hydrogen-bond donors (Lipinski definition) is 1. The number of benzene rings is 1. The molecule has 1 aromatic carbocycles. The van der Waals surface area contributed by atoms with Gasteiger partial charge in [-0.3, -0.25) is 14.9 Å². The lowest BCUT2D eigenvalue weighted by Crippen LogP contribution is -2.33. The van der Waals surface area contributed by atoms with Gasteiger partial charge in [-0.25, -0.2) is 9.97 Å². The van der Waals surface area contributed by atoms with E-state index in [0.717, 1.165) is 65.9 Å². The van der Waals surface area contributed by atoms with E-state index in [9.17, 15) is 9.59 Å². The Bertz CT molecular complexity index is 888. The van der Waals surface area contributed by atoms with Gasteiger partial charge >= 0.3 is 0 Å². The summed E-state index contributed by atoms with van der Waals surface area (Å²) < 4.78 is 0.